The first-order valence-corrected chi connectivity index (χ1v) is 8.03. The molecule has 0 unspecified atom stereocenters. The van der Waals surface area contributed by atoms with E-state index in [0.29, 0.717) is 37.4 Å². The molecule has 9 heteroatoms. The molecule has 2 N–H and O–H groups in total. The summed E-state index contributed by atoms with van der Waals surface area (Å²) in [5.41, 5.74) is 0.751. The number of amides is 2. The number of carbonyl (C=O) groups excluding carboxylic acids is 2. The Morgan fingerprint density at radius 3 is 2.73 bits per heavy atom. The Balaban J connectivity index is 1.94. The highest BCUT2D eigenvalue weighted by Gasteiger charge is 2.17. The van der Waals surface area contributed by atoms with Crippen molar-refractivity contribution in [3.8, 4) is 0 Å². The molecule has 0 fully saturated rings. The van der Waals surface area contributed by atoms with Gasteiger partial charge in [-0.1, -0.05) is 6.07 Å². The fourth-order valence-corrected chi connectivity index (χ4v) is 2.10. The molecule has 1 aromatic heterocycles. The van der Waals surface area contributed by atoms with Crippen LogP contribution in [0.25, 0.3) is 0 Å². The van der Waals surface area contributed by atoms with Crippen LogP contribution >= 0.6 is 0 Å². The van der Waals surface area contributed by atoms with Crippen molar-refractivity contribution in [2.75, 3.05) is 25.1 Å². The van der Waals surface area contributed by atoms with Crippen LogP contribution < -0.4 is 10.6 Å². The van der Waals surface area contributed by atoms with Crippen LogP contribution in [0.1, 0.15) is 34.3 Å². The quantitative estimate of drug-likeness (QED) is 0.402. The van der Waals surface area contributed by atoms with Gasteiger partial charge in [0.05, 0.1) is 6.07 Å². The summed E-state index contributed by atoms with van der Waals surface area (Å²) in [6, 6.07) is 8.65. The second-order valence-electron chi connectivity index (χ2n) is 5.24. The Kier molecular flexibility index (Phi) is 6.86. The number of nitro groups is 1. The van der Waals surface area contributed by atoms with E-state index in [9.17, 15) is 19.7 Å². The molecule has 26 heavy (non-hydrogen) atoms. The molecule has 0 saturated carbocycles. The maximum absolute atomic E-state index is 12.1. The highest BCUT2D eigenvalue weighted by atomic mass is 16.6. The Labute approximate surface area is 149 Å². The van der Waals surface area contributed by atoms with Gasteiger partial charge in [-0.15, -0.1) is 0 Å². The predicted octanol–water partition coefficient (Wildman–Crippen LogP) is 2.60. The third kappa shape index (κ3) is 5.42. The molecule has 2 aromatic rings. The predicted molar refractivity (Wildman–Crippen MR) is 93.2 cm³/mol. The molecular formula is C17H19N3O6. The maximum Gasteiger partial charge on any atom is 0.433 e. The molecule has 0 saturated heterocycles. The standard InChI is InChI=1S/C17H19N3O6/c1-2-25-10-4-9-18-16(21)12-5-3-6-13(11-12)19-17(22)14-7-8-15(26-14)20(23)24/h3,5-8,11H,2,4,9-10H2,1H3,(H,18,21)(H,19,22). The van der Waals surface area contributed by atoms with Crippen LogP contribution in [0, 0.1) is 10.1 Å². The van der Waals surface area contributed by atoms with Crippen LogP contribution in [0.15, 0.2) is 40.8 Å². The molecule has 138 valence electrons. The van der Waals surface area contributed by atoms with Crippen molar-refractivity contribution < 1.29 is 23.7 Å². The average molecular weight is 361 g/mol. The minimum Gasteiger partial charge on any atom is -0.395 e. The maximum atomic E-state index is 12.1. The van der Waals surface area contributed by atoms with Crippen molar-refractivity contribution in [2.45, 2.75) is 13.3 Å². The molecule has 0 aliphatic carbocycles. The van der Waals surface area contributed by atoms with Gasteiger partial charge < -0.3 is 19.8 Å². The van der Waals surface area contributed by atoms with Crippen molar-refractivity contribution in [2.24, 2.45) is 0 Å². The Morgan fingerprint density at radius 1 is 1.23 bits per heavy atom. The third-order valence-corrected chi connectivity index (χ3v) is 3.33. The van der Waals surface area contributed by atoms with Crippen LogP contribution in [0.3, 0.4) is 0 Å². The second-order valence-corrected chi connectivity index (χ2v) is 5.24. The van der Waals surface area contributed by atoms with Gasteiger partial charge in [-0.05, 0) is 37.6 Å². The van der Waals surface area contributed by atoms with Gasteiger partial charge in [-0.25, -0.2) is 0 Å². The minimum atomic E-state index is -0.729. The first-order chi connectivity index (χ1) is 12.5. The van der Waals surface area contributed by atoms with Gasteiger partial charge in [-0.3, -0.25) is 19.7 Å². The Bertz CT molecular complexity index is 786. The van der Waals surface area contributed by atoms with E-state index in [-0.39, 0.29) is 11.7 Å². The molecule has 1 heterocycles. The number of nitrogens with one attached hydrogen (secondary N) is 2. The molecular weight excluding hydrogens is 342 g/mol. The Hall–Kier alpha value is -3.20. The topological polar surface area (TPSA) is 124 Å². The molecule has 9 nitrogen and oxygen atoms in total. The highest BCUT2D eigenvalue weighted by molar-refractivity contribution is 6.03. The van der Waals surface area contributed by atoms with Crippen LogP contribution in [-0.4, -0.2) is 36.5 Å². The largest absolute Gasteiger partial charge is 0.433 e. The number of nitrogens with zero attached hydrogens (tertiary/aromatic N) is 1. The van der Waals surface area contributed by atoms with Gasteiger partial charge in [0.25, 0.3) is 11.8 Å². The van der Waals surface area contributed by atoms with Gasteiger partial charge in [0, 0.05) is 31.0 Å². The lowest BCUT2D eigenvalue weighted by Gasteiger charge is -2.08. The SMILES string of the molecule is CCOCCCNC(=O)c1cccc(NC(=O)c2ccc([N+](=O)[O-])o2)c1. The monoisotopic (exact) mass is 361 g/mol. The summed E-state index contributed by atoms with van der Waals surface area (Å²) in [5, 5.41) is 15.9. The van der Waals surface area contributed by atoms with Gasteiger partial charge in [0.1, 0.15) is 4.92 Å². The molecule has 1 aromatic carbocycles. The first-order valence-electron chi connectivity index (χ1n) is 8.03. The third-order valence-electron chi connectivity index (χ3n) is 3.33. The molecule has 2 amide bonds. The number of rotatable bonds is 9. The summed E-state index contributed by atoms with van der Waals surface area (Å²) >= 11 is 0. The lowest BCUT2D eigenvalue weighted by molar-refractivity contribution is -0.402. The van der Waals surface area contributed by atoms with Crippen molar-refractivity contribution in [3.05, 3.63) is 57.8 Å². The van der Waals surface area contributed by atoms with E-state index in [0.717, 1.165) is 6.07 Å². The lowest BCUT2D eigenvalue weighted by atomic mass is 10.2. The molecule has 0 radical (unpaired) electrons. The van der Waals surface area contributed by atoms with Gasteiger partial charge in [-0.2, -0.15) is 0 Å². The summed E-state index contributed by atoms with van der Waals surface area (Å²) in [5.74, 6) is -1.63. The molecule has 2 rings (SSSR count). The summed E-state index contributed by atoms with van der Waals surface area (Å²) in [7, 11) is 0. The van der Waals surface area contributed by atoms with Gasteiger partial charge >= 0.3 is 5.88 Å². The van der Waals surface area contributed by atoms with Crippen LogP contribution in [0.2, 0.25) is 0 Å². The van der Waals surface area contributed by atoms with Crippen molar-refractivity contribution in [1.82, 2.24) is 5.32 Å². The van der Waals surface area contributed by atoms with Crippen LogP contribution in [0.5, 0.6) is 0 Å². The summed E-state index contributed by atoms with van der Waals surface area (Å²) in [6.07, 6.45) is 0.702. The fraction of sp³-hybridized carbons (Fsp3) is 0.294. The van der Waals surface area contributed by atoms with E-state index in [2.05, 4.69) is 10.6 Å². The van der Waals surface area contributed by atoms with E-state index < -0.39 is 16.7 Å². The normalized spacial score (nSPS) is 10.3. The summed E-state index contributed by atoms with van der Waals surface area (Å²) in [4.78, 5) is 34.0. The van der Waals surface area contributed by atoms with E-state index in [1.807, 2.05) is 6.92 Å². The van der Waals surface area contributed by atoms with Crippen molar-refractivity contribution in [3.63, 3.8) is 0 Å². The van der Waals surface area contributed by atoms with Crippen molar-refractivity contribution in [1.29, 1.82) is 0 Å². The van der Waals surface area contributed by atoms with Crippen LogP contribution in [-0.2, 0) is 4.74 Å². The molecule has 0 aliphatic heterocycles. The summed E-state index contributed by atoms with van der Waals surface area (Å²) in [6.45, 7) is 3.58. The minimum absolute atomic E-state index is 0.192. The number of anilines is 1. The fourth-order valence-electron chi connectivity index (χ4n) is 2.10. The number of ether oxygens (including phenoxy) is 1. The summed E-state index contributed by atoms with van der Waals surface area (Å²) < 4.78 is 10.0. The van der Waals surface area contributed by atoms with Gasteiger partial charge in [0.15, 0.2) is 5.76 Å². The molecule has 0 atom stereocenters. The average Bonchev–Trinajstić information content (AvgIpc) is 3.12. The zero-order valence-electron chi connectivity index (χ0n) is 14.2. The first kappa shape index (κ1) is 19.1. The van der Waals surface area contributed by atoms with Gasteiger partial charge in [0.2, 0.25) is 0 Å². The number of carbonyl (C=O) groups is 2. The zero-order valence-corrected chi connectivity index (χ0v) is 14.2. The number of hydrogen-bond acceptors (Lipinski definition) is 6. The highest BCUT2D eigenvalue weighted by Crippen LogP contribution is 2.18. The smallest absolute Gasteiger partial charge is 0.395 e. The molecule has 0 bridgehead atoms. The Morgan fingerprint density at radius 2 is 2.04 bits per heavy atom. The van der Waals surface area contributed by atoms with E-state index >= 15 is 0 Å². The van der Waals surface area contributed by atoms with E-state index in [4.69, 9.17) is 9.15 Å². The van der Waals surface area contributed by atoms with Crippen molar-refractivity contribution >= 4 is 23.4 Å². The second kappa shape index (κ2) is 9.33. The molecule has 0 aliphatic rings. The van der Waals surface area contributed by atoms with E-state index in [1.165, 1.54) is 12.1 Å². The number of hydrogen-bond donors (Lipinski definition) is 2. The number of furan rings is 1. The molecule has 0 spiro atoms. The zero-order chi connectivity index (χ0) is 18.9. The van der Waals surface area contributed by atoms with E-state index in [1.54, 1.807) is 18.2 Å². The number of benzene rings is 1. The lowest BCUT2D eigenvalue weighted by Crippen LogP contribution is -2.25. The van der Waals surface area contributed by atoms with Crippen LogP contribution in [0.4, 0.5) is 11.6 Å².